The molecule has 2 heterocycles. The van der Waals surface area contributed by atoms with Gasteiger partial charge in [-0.15, -0.1) is 0 Å². The van der Waals surface area contributed by atoms with Crippen LogP contribution in [0, 0.1) is 25.7 Å². The molecular formula is C18H23N3O2. The van der Waals surface area contributed by atoms with Crippen molar-refractivity contribution in [1.29, 1.82) is 0 Å². The minimum atomic E-state index is -0.238. The normalized spacial score (nSPS) is 26.0. The number of nitrogens with zero attached hydrogens (tertiary/aromatic N) is 3. The highest BCUT2D eigenvalue weighted by Crippen LogP contribution is 2.46. The minimum Gasteiger partial charge on any atom is -0.458 e. The number of fused-ring (bicyclic) bond motifs is 2. The summed E-state index contributed by atoms with van der Waals surface area (Å²) in [6.45, 7) is 4.07. The average Bonchev–Trinajstić information content (AvgIpc) is 3.26. The van der Waals surface area contributed by atoms with Gasteiger partial charge in [0.05, 0.1) is 6.20 Å². The quantitative estimate of drug-likeness (QED) is 0.818. The third-order valence-electron chi connectivity index (χ3n) is 5.54. The summed E-state index contributed by atoms with van der Waals surface area (Å²) in [5.74, 6) is 1.88. The molecular weight excluding hydrogens is 290 g/mol. The Morgan fingerprint density at radius 1 is 1.22 bits per heavy atom. The monoisotopic (exact) mass is 313 g/mol. The molecule has 5 nitrogen and oxygen atoms in total. The number of carbonyl (C=O) groups is 1. The van der Waals surface area contributed by atoms with Crippen molar-refractivity contribution < 1.29 is 9.53 Å². The summed E-state index contributed by atoms with van der Waals surface area (Å²) in [6, 6.07) is 4.10. The molecule has 2 saturated carbocycles. The molecule has 2 fully saturated rings. The van der Waals surface area contributed by atoms with Crippen molar-refractivity contribution in [2.45, 2.75) is 45.6 Å². The van der Waals surface area contributed by atoms with Crippen molar-refractivity contribution in [3.8, 4) is 5.82 Å². The highest BCUT2D eigenvalue weighted by molar-refractivity contribution is 5.93. The molecule has 2 aliphatic carbocycles. The average molecular weight is 313 g/mol. The zero-order valence-corrected chi connectivity index (χ0v) is 14.0. The fourth-order valence-corrected chi connectivity index (χ4v) is 4.37. The van der Waals surface area contributed by atoms with Crippen LogP contribution >= 0.6 is 0 Å². The number of hydrogen-bond donors (Lipinski definition) is 0. The third-order valence-corrected chi connectivity index (χ3v) is 5.54. The second kappa shape index (κ2) is 5.25. The molecule has 2 aromatic heterocycles. The van der Waals surface area contributed by atoms with Crippen LogP contribution in [0.25, 0.3) is 5.82 Å². The van der Waals surface area contributed by atoms with Gasteiger partial charge in [0.1, 0.15) is 17.5 Å². The summed E-state index contributed by atoms with van der Waals surface area (Å²) >= 11 is 0. The van der Waals surface area contributed by atoms with E-state index in [9.17, 15) is 4.79 Å². The smallest absolute Gasteiger partial charge is 0.343 e. The Hall–Kier alpha value is -2.04. The first-order valence-electron chi connectivity index (χ1n) is 8.43. The Morgan fingerprint density at radius 2 is 1.96 bits per heavy atom. The van der Waals surface area contributed by atoms with Gasteiger partial charge in [-0.3, -0.25) is 4.68 Å². The standard InChI is InChI=1S/C18H23N3O2/c1-11-4-5-12(2)21(11)17-15(10-19-20(17)3)18(22)23-16-9-13-6-7-14(16)8-13/h4-5,10,13-14,16H,6-9H2,1-3H3/t13-,14-,16-/m0/s1. The Balaban J connectivity index is 1.64. The van der Waals surface area contributed by atoms with Gasteiger partial charge in [0, 0.05) is 18.4 Å². The molecule has 2 aliphatic rings. The minimum absolute atomic E-state index is 0.0983. The van der Waals surface area contributed by atoms with E-state index in [0.29, 0.717) is 11.5 Å². The van der Waals surface area contributed by atoms with Gasteiger partial charge >= 0.3 is 5.97 Å². The fourth-order valence-electron chi connectivity index (χ4n) is 4.37. The molecule has 0 unspecified atom stereocenters. The molecule has 0 aliphatic heterocycles. The van der Waals surface area contributed by atoms with Crippen LogP contribution in [0.1, 0.15) is 47.4 Å². The second-order valence-electron chi connectivity index (χ2n) is 7.08. The van der Waals surface area contributed by atoms with E-state index >= 15 is 0 Å². The molecule has 0 amide bonds. The summed E-state index contributed by atoms with van der Waals surface area (Å²) < 4.78 is 9.66. The Kier molecular flexibility index (Phi) is 3.32. The van der Waals surface area contributed by atoms with Crippen LogP contribution in [-0.4, -0.2) is 26.4 Å². The lowest BCUT2D eigenvalue weighted by atomic mass is 9.98. The van der Waals surface area contributed by atoms with E-state index in [-0.39, 0.29) is 12.1 Å². The van der Waals surface area contributed by atoms with Gasteiger partial charge in [-0.05, 0) is 63.5 Å². The van der Waals surface area contributed by atoms with Crippen molar-refractivity contribution in [2.24, 2.45) is 18.9 Å². The van der Waals surface area contributed by atoms with Crippen LogP contribution in [-0.2, 0) is 11.8 Å². The highest BCUT2D eigenvalue weighted by atomic mass is 16.5. The fraction of sp³-hybridized carbons (Fsp3) is 0.556. The highest BCUT2D eigenvalue weighted by Gasteiger charge is 2.42. The van der Waals surface area contributed by atoms with Crippen molar-refractivity contribution in [2.75, 3.05) is 0 Å². The van der Waals surface area contributed by atoms with E-state index in [2.05, 4.69) is 9.67 Å². The van der Waals surface area contributed by atoms with E-state index in [1.165, 1.54) is 19.3 Å². The lowest BCUT2D eigenvalue weighted by molar-refractivity contribution is 0.0158. The first kappa shape index (κ1) is 14.5. The Bertz CT molecular complexity index is 739. The Labute approximate surface area is 136 Å². The van der Waals surface area contributed by atoms with Gasteiger partial charge in [0.15, 0.2) is 0 Å². The first-order valence-corrected chi connectivity index (χ1v) is 8.43. The van der Waals surface area contributed by atoms with Crippen molar-refractivity contribution in [1.82, 2.24) is 14.3 Å². The van der Waals surface area contributed by atoms with E-state index in [1.807, 2.05) is 33.0 Å². The molecule has 122 valence electrons. The predicted molar refractivity (Wildman–Crippen MR) is 86.7 cm³/mol. The number of aromatic nitrogens is 3. The summed E-state index contributed by atoms with van der Waals surface area (Å²) in [6.07, 6.45) is 6.50. The number of hydrogen-bond acceptors (Lipinski definition) is 3. The maximum atomic E-state index is 12.7. The van der Waals surface area contributed by atoms with Crippen LogP contribution < -0.4 is 0 Å². The first-order chi connectivity index (χ1) is 11.0. The molecule has 0 saturated heterocycles. The molecule has 2 aromatic rings. The van der Waals surface area contributed by atoms with Crippen LogP contribution in [0.3, 0.4) is 0 Å². The van der Waals surface area contributed by atoms with Gasteiger partial charge in [-0.25, -0.2) is 4.79 Å². The number of rotatable bonds is 3. The van der Waals surface area contributed by atoms with E-state index in [0.717, 1.165) is 29.5 Å². The maximum absolute atomic E-state index is 12.7. The zero-order valence-electron chi connectivity index (χ0n) is 14.0. The van der Waals surface area contributed by atoms with Crippen LogP contribution in [0.4, 0.5) is 0 Å². The van der Waals surface area contributed by atoms with Crippen LogP contribution in [0.15, 0.2) is 18.3 Å². The number of carbonyl (C=O) groups excluding carboxylic acids is 1. The van der Waals surface area contributed by atoms with Gasteiger partial charge < -0.3 is 9.30 Å². The SMILES string of the molecule is Cc1ccc(C)n1-c1c(C(=O)O[C@H]2C[C@H]3CC[C@H]2C3)cnn1C. The van der Waals surface area contributed by atoms with E-state index < -0.39 is 0 Å². The molecule has 5 heteroatoms. The molecule has 23 heavy (non-hydrogen) atoms. The summed E-state index contributed by atoms with van der Waals surface area (Å²) in [5.41, 5.74) is 2.72. The van der Waals surface area contributed by atoms with E-state index in [4.69, 9.17) is 4.74 Å². The number of aryl methyl sites for hydroxylation is 3. The van der Waals surface area contributed by atoms with Gasteiger partial charge in [-0.2, -0.15) is 5.10 Å². The second-order valence-corrected chi connectivity index (χ2v) is 7.08. The van der Waals surface area contributed by atoms with Crippen LogP contribution in [0.2, 0.25) is 0 Å². The molecule has 3 atom stereocenters. The van der Waals surface area contributed by atoms with Gasteiger partial charge in [0.25, 0.3) is 0 Å². The maximum Gasteiger partial charge on any atom is 0.343 e. The zero-order chi connectivity index (χ0) is 16.1. The van der Waals surface area contributed by atoms with E-state index in [1.54, 1.807) is 10.9 Å². The molecule has 2 bridgehead atoms. The lowest BCUT2D eigenvalue weighted by Gasteiger charge is -2.22. The summed E-state index contributed by atoms with van der Waals surface area (Å²) in [7, 11) is 1.86. The van der Waals surface area contributed by atoms with Crippen molar-refractivity contribution >= 4 is 5.97 Å². The van der Waals surface area contributed by atoms with Gasteiger partial charge in [0.2, 0.25) is 0 Å². The largest absolute Gasteiger partial charge is 0.458 e. The topological polar surface area (TPSA) is 49.1 Å². The lowest BCUT2D eigenvalue weighted by Crippen LogP contribution is -2.24. The molecule has 0 N–H and O–H groups in total. The van der Waals surface area contributed by atoms with Gasteiger partial charge in [-0.1, -0.05) is 0 Å². The molecule has 0 aromatic carbocycles. The molecule has 0 radical (unpaired) electrons. The third kappa shape index (κ3) is 2.30. The predicted octanol–water partition coefficient (Wildman–Crippen LogP) is 3.17. The summed E-state index contributed by atoms with van der Waals surface area (Å²) in [5, 5.41) is 4.29. The summed E-state index contributed by atoms with van der Waals surface area (Å²) in [4.78, 5) is 12.7. The van der Waals surface area contributed by atoms with Crippen LogP contribution in [0.5, 0.6) is 0 Å². The Morgan fingerprint density at radius 3 is 2.57 bits per heavy atom. The number of ether oxygens (including phenoxy) is 1. The molecule has 4 rings (SSSR count). The van der Waals surface area contributed by atoms with Crippen molar-refractivity contribution in [3.05, 3.63) is 35.3 Å². The molecule has 0 spiro atoms. The number of esters is 1. The van der Waals surface area contributed by atoms with Crippen molar-refractivity contribution in [3.63, 3.8) is 0 Å².